The van der Waals surface area contributed by atoms with Crippen LogP contribution in [0.25, 0.3) is 0 Å². The number of nitrogens with zero attached hydrogens (tertiary/aromatic N) is 3. The highest BCUT2D eigenvalue weighted by Crippen LogP contribution is 2.21. The number of hydrogen-bond acceptors (Lipinski definition) is 6. The minimum Gasteiger partial charge on any atom is -0.508 e. The van der Waals surface area contributed by atoms with E-state index in [1.807, 2.05) is 19.1 Å². The van der Waals surface area contributed by atoms with Gasteiger partial charge in [0.15, 0.2) is 9.84 Å². The predicted molar refractivity (Wildman–Crippen MR) is 101 cm³/mol. The number of rotatable bonds is 5. The number of anilines is 1. The van der Waals surface area contributed by atoms with E-state index < -0.39 is 9.84 Å². The lowest BCUT2D eigenvalue weighted by Gasteiger charge is -2.37. The van der Waals surface area contributed by atoms with Crippen LogP contribution in [0.3, 0.4) is 0 Å². The number of carbonyl (C=O) groups excluding carboxylic acids is 1. The van der Waals surface area contributed by atoms with E-state index in [4.69, 9.17) is 0 Å². The van der Waals surface area contributed by atoms with Gasteiger partial charge in [0.1, 0.15) is 5.75 Å². The van der Waals surface area contributed by atoms with Gasteiger partial charge in [0.05, 0.1) is 18.1 Å². The lowest BCUT2D eigenvalue weighted by Crippen LogP contribution is -2.51. The van der Waals surface area contributed by atoms with E-state index in [9.17, 15) is 18.3 Å². The second kappa shape index (κ2) is 7.84. The maximum Gasteiger partial charge on any atom is 0.237 e. The number of amides is 1. The van der Waals surface area contributed by atoms with E-state index in [1.54, 1.807) is 17.0 Å². The number of phenolic OH excluding ortho intramolecular Hbond substituents is 1. The van der Waals surface area contributed by atoms with Crippen molar-refractivity contribution in [1.82, 2.24) is 9.80 Å². The van der Waals surface area contributed by atoms with Crippen molar-refractivity contribution in [3.63, 3.8) is 0 Å². The Hall–Kier alpha value is -1.80. The van der Waals surface area contributed by atoms with Crippen LogP contribution in [0, 0.1) is 0 Å². The average Bonchev–Trinajstić information content (AvgIpc) is 2.96. The first kappa shape index (κ1) is 19.0. The van der Waals surface area contributed by atoms with Crippen molar-refractivity contribution in [3.8, 4) is 5.75 Å². The largest absolute Gasteiger partial charge is 0.508 e. The molecule has 7 nitrogen and oxygen atoms in total. The lowest BCUT2D eigenvalue weighted by atomic mass is 10.2. The van der Waals surface area contributed by atoms with Gasteiger partial charge in [0, 0.05) is 44.5 Å². The van der Waals surface area contributed by atoms with Crippen LogP contribution in [-0.4, -0.2) is 86.0 Å². The molecule has 26 heavy (non-hydrogen) atoms. The maximum absolute atomic E-state index is 12.7. The molecule has 2 saturated heterocycles. The molecule has 1 amide bonds. The minimum atomic E-state index is -2.99. The number of sulfone groups is 1. The molecule has 1 N–H and O–H groups in total. The van der Waals surface area contributed by atoms with Crippen LogP contribution in [0.5, 0.6) is 5.75 Å². The summed E-state index contributed by atoms with van der Waals surface area (Å²) < 4.78 is 23.4. The molecule has 0 aromatic heterocycles. The molecule has 144 valence electrons. The fourth-order valence-electron chi connectivity index (χ4n) is 3.77. The summed E-state index contributed by atoms with van der Waals surface area (Å²) in [5.74, 6) is 0.563. The summed E-state index contributed by atoms with van der Waals surface area (Å²) in [5, 5.41) is 9.39. The van der Waals surface area contributed by atoms with E-state index in [2.05, 4.69) is 9.80 Å². The summed E-state index contributed by atoms with van der Waals surface area (Å²) in [4.78, 5) is 18.8. The second-order valence-corrected chi connectivity index (χ2v) is 9.24. The predicted octanol–water partition coefficient (Wildman–Crippen LogP) is 0.550. The maximum atomic E-state index is 12.7. The molecule has 2 fully saturated rings. The molecule has 1 aromatic carbocycles. The summed E-state index contributed by atoms with van der Waals surface area (Å²) in [6.07, 6.45) is 0.552. The van der Waals surface area contributed by atoms with Gasteiger partial charge in [-0.2, -0.15) is 0 Å². The summed E-state index contributed by atoms with van der Waals surface area (Å²) in [7, 11) is -2.99. The van der Waals surface area contributed by atoms with Crippen molar-refractivity contribution < 1.29 is 18.3 Å². The van der Waals surface area contributed by atoms with E-state index >= 15 is 0 Å². The smallest absolute Gasteiger partial charge is 0.237 e. The zero-order valence-corrected chi connectivity index (χ0v) is 16.0. The van der Waals surface area contributed by atoms with Crippen molar-refractivity contribution in [2.75, 3.05) is 55.7 Å². The molecule has 0 bridgehead atoms. The number of aromatic hydroxyl groups is 1. The summed E-state index contributed by atoms with van der Waals surface area (Å²) in [5.41, 5.74) is 1.07. The zero-order chi connectivity index (χ0) is 18.7. The first-order valence-corrected chi connectivity index (χ1v) is 11.0. The monoisotopic (exact) mass is 381 g/mol. The molecule has 0 radical (unpaired) electrons. The Bertz CT molecular complexity index is 727. The first-order chi connectivity index (χ1) is 12.4. The highest BCUT2D eigenvalue weighted by atomic mass is 32.2. The third-order valence-electron chi connectivity index (χ3n) is 5.26. The molecule has 3 rings (SSSR count). The standard InChI is InChI=1S/C18H27N3O4S/c1-2-21(16-7-12-26(24,25)14-16)18(23)13-19-8-10-20(11-9-19)15-3-5-17(22)6-4-15/h3-6,16,22H,2,7-14H2,1H3/t16-/m0/s1. The number of benzene rings is 1. The third-order valence-corrected chi connectivity index (χ3v) is 7.01. The number of carbonyl (C=O) groups is 1. The van der Waals surface area contributed by atoms with Crippen LogP contribution in [0.4, 0.5) is 5.69 Å². The Balaban J connectivity index is 1.51. The lowest BCUT2D eigenvalue weighted by molar-refractivity contribution is -0.134. The highest BCUT2D eigenvalue weighted by molar-refractivity contribution is 7.91. The van der Waals surface area contributed by atoms with Gasteiger partial charge in [-0.1, -0.05) is 0 Å². The Morgan fingerprint density at radius 2 is 1.85 bits per heavy atom. The van der Waals surface area contributed by atoms with Crippen molar-refractivity contribution in [2.24, 2.45) is 0 Å². The van der Waals surface area contributed by atoms with Gasteiger partial charge in [-0.15, -0.1) is 0 Å². The fourth-order valence-corrected chi connectivity index (χ4v) is 5.50. The molecule has 1 atom stereocenters. The molecule has 1 aromatic rings. The summed E-state index contributed by atoms with van der Waals surface area (Å²) >= 11 is 0. The fraction of sp³-hybridized carbons (Fsp3) is 0.611. The topological polar surface area (TPSA) is 81.2 Å². The Labute approximate surface area is 155 Å². The summed E-state index contributed by atoms with van der Waals surface area (Å²) in [6, 6.07) is 6.99. The number of hydrogen-bond donors (Lipinski definition) is 1. The van der Waals surface area contributed by atoms with Gasteiger partial charge in [-0.3, -0.25) is 9.69 Å². The van der Waals surface area contributed by atoms with Crippen LogP contribution >= 0.6 is 0 Å². The molecule has 0 saturated carbocycles. The van der Waals surface area contributed by atoms with Gasteiger partial charge in [-0.25, -0.2) is 8.42 Å². The van der Waals surface area contributed by atoms with Crippen molar-refractivity contribution in [1.29, 1.82) is 0 Å². The van der Waals surface area contributed by atoms with Gasteiger partial charge in [0.25, 0.3) is 0 Å². The molecule has 2 aliphatic rings. The Kier molecular flexibility index (Phi) is 5.72. The molecule has 2 heterocycles. The Morgan fingerprint density at radius 1 is 1.19 bits per heavy atom. The van der Waals surface area contributed by atoms with Crippen LogP contribution < -0.4 is 4.90 Å². The molecule has 8 heteroatoms. The molecule has 2 aliphatic heterocycles. The number of phenols is 1. The normalized spacial score (nSPS) is 23.1. The van der Waals surface area contributed by atoms with E-state index in [-0.39, 0.29) is 29.2 Å². The molecule has 0 unspecified atom stereocenters. The Morgan fingerprint density at radius 3 is 2.38 bits per heavy atom. The molecule has 0 spiro atoms. The van der Waals surface area contributed by atoms with Gasteiger partial charge < -0.3 is 14.9 Å². The molecular weight excluding hydrogens is 354 g/mol. The first-order valence-electron chi connectivity index (χ1n) is 9.14. The van der Waals surface area contributed by atoms with Crippen LogP contribution in [0.2, 0.25) is 0 Å². The summed E-state index contributed by atoms with van der Waals surface area (Å²) in [6.45, 7) is 6.01. The van der Waals surface area contributed by atoms with Crippen LogP contribution in [0.1, 0.15) is 13.3 Å². The van der Waals surface area contributed by atoms with Gasteiger partial charge >= 0.3 is 0 Å². The molecular formula is C18H27N3O4S. The van der Waals surface area contributed by atoms with Crippen molar-refractivity contribution in [2.45, 2.75) is 19.4 Å². The average molecular weight is 381 g/mol. The van der Waals surface area contributed by atoms with Crippen molar-refractivity contribution >= 4 is 21.4 Å². The number of piperazine rings is 1. The highest BCUT2D eigenvalue weighted by Gasteiger charge is 2.34. The molecule has 0 aliphatic carbocycles. The van der Waals surface area contributed by atoms with Gasteiger partial charge in [0.2, 0.25) is 5.91 Å². The van der Waals surface area contributed by atoms with Gasteiger partial charge in [-0.05, 0) is 37.6 Å². The quantitative estimate of drug-likeness (QED) is 0.802. The van der Waals surface area contributed by atoms with E-state index in [0.29, 0.717) is 19.5 Å². The second-order valence-electron chi connectivity index (χ2n) is 7.02. The van der Waals surface area contributed by atoms with Crippen LogP contribution in [-0.2, 0) is 14.6 Å². The zero-order valence-electron chi connectivity index (χ0n) is 15.2. The number of likely N-dealkylation sites (N-methyl/N-ethyl adjacent to an activating group) is 1. The van der Waals surface area contributed by atoms with E-state index in [0.717, 1.165) is 31.9 Å². The van der Waals surface area contributed by atoms with E-state index in [1.165, 1.54) is 0 Å². The minimum absolute atomic E-state index is 0.0210. The third kappa shape index (κ3) is 4.48. The van der Waals surface area contributed by atoms with Crippen LogP contribution in [0.15, 0.2) is 24.3 Å². The SMILES string of the molecule is CCN(C(=O)CN1CCN(c2ccc(O)cc2)CC1)[C@H]1CCS(=O)(=O)C1. The van der Waals surface area contributed by atoms with Crippen molar-refractivity contribution in [3.05, 3.63) is 24.3 Å².